The van der Waals surface area contributed by atoms with Crippen LogP contribution in [0.25, 0.3) is 0 Å². The highest BCUT2D eigenvalue weighted by molar-refractivity contribution is 5.48. The summed E-state index contributed by atoms with van der Waals surface area (Å²) < 4.78 is 5.15. The van der Waals surface area contributed by atoms with Crippen molar-refractivity contribution in [3.8, 4) is 11.5 Å². The van der Waals surface area contributed by atoms with Crippen LogP contribution in [-0.2, 0) is 6.42 Å². The lowest BCUT2D eigenvalue weighted by Gasteiger charge is -2.30. The molecule has 1 aliphatic rings. The Morgan fingerprint density at radius 2 is 2.13 bits per heavy atom. The molecule has 0 aromatic heterocycles. The Bertz CT molecular complexity index is 376. The third-order valence-corrected chi connectivity index (χ3v) is 2.95. The third-order valence-electron chi connectivity index (χ3n) is 2.95. The van der Waals surface area contributed by atoms with Crippen LogP contribution in [0, 0.1) is 0 Å². The first-order chi connectivity index (χ1) is 7.11. The van der Waals surface area contributed by atoms with Gasteiger partial charge in [-0.05, 0) is 31.9 Å². The SMILES string of the molecule is COc1cc(O)c2c(c1)C[C@@H](C)N[C@@H]2C. The van der Waals surface area contributed by atoms with Gasteiger partial charge in [0.15, 0.2) is 0 Å². The first-order valence-corrected chi connectivity index (χ1v) is 5.27. The standard InChI is InChI=1S/C12H17NO2/c1-7-4-9-5-10(15-3)6-11(14)12(9)8(2)13-7/h5-8,13-14H,4H2,1-3H3/t7-,8-/m1/s1. The van der Waals surface area contributed by atoms with Crippen molar-refractivity contribution in [2.24, 2.45) is 0 Å². The van der Waals surface area contributed by atoms with Gasteiger partial charge in [0.25, 0.3) is 0 Å². The van der Waals surface area contributed by atoms with Crippen LogP contribution in [0.3, 0.4) is 0 Å². The molecule has 15 heavy (non-hydrogen) atoms. The van der Waals surface area contributed by atoms with E-state index in [1.165, 1.54) is 5.56 Å². The summed E-state index contributed by atoms with van der Waals surface area (Å²) in [6, 6.07) is 4.34. The van der Waals surface area contributed by atoms with Crippen LogP contribution in [0.15, 0.2) is 12.1 Å². The maximum Gasteiger partial charge on any atom is 0.124 e. The molecular formula is C12H17NO2. The molecule has 0 bridgehead atoms. The largest absolute Gasteiger partial charge is 0.507 e. The normalized spacial score (nSPS) is 24.7. The minimum atomic E-state index is 0.203. The van der Waals surface area contributed by atoms with Crippen molar-refractivity contribution < 1.29 is 9.84 Å². The third kappa shape index (κ3) is 1.79. The Morgan fingerprint density at radius 3 is 2.80 bits per heavy atom. The molecule has 0 radical (unpaired) electrons. The van der Waals surface area contributed by atoms with Crippen molar-refractivity contribution in [2.75, 3.05) is 7.11 Å². The number of ether oxygens (including phenoxy) is 1. The maximum absolute atomic E-state index is 9.90. The van der Waals surface area contributed by atoms with Crippen molar-refractivity contribution in [2.45, 2.75) is 32.4 Å². The monoisotopic (exact) mass is 207 g/mol. The molecule has 2 atom stereocenters. The first-order valence-electron chi connectivity index (χ1n) is 5.27. The second-order valence-electron chi connectivity index (χ2n) is 4.21. The van der Waals surface area contributed by atoms with Crippen LogP contribution in [0.4, 0.5) is 0 Å². The summed E-state index contributed by atoms with van der Waals surface area (Å²) >= 11 is 0. The van der Waals surface area contributed by atoms with E-state index in [4.69, 9.17) is 4.74 Å². The highest BCUT2D eigenvalue weighted by Crippen LogP contribution is 2.35. The number of hydrogen-bond donors (Lipinski definition) is 2. The lowest BCUT2D eigenvalue weighted by molar-refractivity contribution is 0.388. The van der Waals surface area contributed by atoms with Crippen molar-refractivity contribution >= 4 is 0 Å². The van der Waals surface area contributed by atoms with Gasteiger partial charge in [-0.1, -0.05) is 0 Å². The number of benzene rings is 1. The maximum atomic E-state index is 9.90. The van der Waals surface area contributed by atoms with Gasteiger partial charge in [-0.25, -0.2) is 0 Å². The lowest BCUT2D eigenvalue weighted by atomic mass is 9.90. The Kier molecular flexibility index (Phi) is 2.57. The zero-order valence-corrected chi connectivity index (χ0v) is 9.37. The van der Waals surface area contributed by atoms with Crippen molar-refractivity contribution in [1.29, 1.82) is 0 Å². The molecule has 1 aromatic carbocycles. The summed E-state index contributed by atoms with van der Waals surface area (Å²) in [5.41, 5.74) is 2.19. The number of methoxy groups -OCH3 is 1. The van der Waals surface area contributed by atoms with E-state index < -0.39 is 0 Å². The van der Waals surface area contributed by atoms with Crippen LogP contribution in [-0.4, -0.2) is 18.3 Å². The minimum absolute atomic E-state index is 0.203. The van der Waals surface area contributed by atoms with E-state index in [9.17, 15) is 5.11 Å². The van der Waals surface area contributed by atoms with E-state index >= 15 is 0 Å². The fourth-order valence-electron chi connectivity index (χ4n) is 2.35. The second-order valence-corrected chi connectivity index (χ2v) is 4.21. The molecule has 0 saturated carbocycles. The number of rotatable bonds is 1. The van der Waals surface area contributed by atoms with Crippen molar-refractivity contribution in [3.05, 3.63) is 23.3 Å². The summed E-state index contributed by atoms with van der Waals surface area (Å²) in [6.07, 6.45) is 0.935. The van der Waals surface area contributed by atoms with E-state index in [-0.39, 0.29) is 6.04 Å². The molecule has 0 spiro atoms. The first kappa shape index (κ1) is 10.3. The van der Waals surface area contributed by atoms with E-state index in [0.29, 0.717) is 11.8 Å². The number of aromatic hydroxyl groups is 1. The van der Waals surface area contributed by atoms with Crippen LogP contribution in [0.2, 0.25) is 0 Å². The fourth-order valence-corrected chi connectivity index (χ4v) is 2.35. The van der Waals surface area contributed by atoms with Gasteiger partial charge in [-0.2, -0.15) is 0 Å². The Morgan fingerprint density at radius 1 is 1.40 bits per heavy atom. The van der Waals surface area contributed by atoms with E-state index in [0.717, 1.165) is 17.7 Å². The van der Waals surface area contributed by atoms with Crippen molar-refractivity contribution in [1.82, 2.24) is 5.32 Å². The van der Waals surface area contributed by atoms with Gasteiger partial charge in [0.1, 0.15) is 11.5 Å². The molecule has 1 heterocycles. The molecule has 1 aliphatic heterocycles. The van der Waals surface area contributed by atoms with Crippen LogP contribution < -0.4 is 10.1 Å². The molecule has 0 unspecified atom stereocenters. The summed E-state index contributed by atoms with van der Waals surface area (Å²) in [6.45, 7) is 4.22. The molecule has 0 amide bonds. The Hall–Kier alpha value is -1.22. The highest BCUT2D eigenvalue weighted by Gasteiger charge is 2.24. The molecule has 0 saturated heterocycles. The molecule has 3 heteroatoms. The van der Waals surface area contributed by atoms with E-state index in [1.807, 2.05) is 6.07 Å². The minimum Gasteiger partial charge on any atom is -0.507 e. The van der Waals surface area contributed by atoms with Gasteiger partial charge < -0.3 is 15.2 Å². The summed E-state index contributed by atoms with van der Waals surface area (Å²) in [5, 5.41) is 13.3. The highest BCUT2D eigenvalue weighted by atomic mass is 16.5. The van der Waals surface area contributed by atoms with Gasteiger partial charge in [0.2, 0.25) is 0 Å². The van der Waals surface area contributed by atoms with Gasteiger partial charge in [0, 0.05) is 23.7 Å². The number of phenolic OH excluding ortho intramolecular Hbond substituents is 1. The Labute approximate surface area is 90.1 Å². The average Bonchev–Trinajstić information content (AvgIpc) is 2.15. The van der Waals surface area contributed by atoms with Gasteiger partial charge in [-0.3, -0.25) is 0 Å². The molecule has 2 rings (SSSR count). The number of hydrogen-bond acceptors (Lipinski definition) is 3. The molecule has 0 fully saturated rings. The quantitative estimate of drug-likeness (QED) is 0.740. The number of fused-ring (bicyclic) bond motifs is 1. The molecule has 0 aliphatic carbocycles. The Balaban J connectivity index is 2.50. The van der Waals surface area contributed by atoms with E-state index in [2.05, 4.69) is 19.2 Å². The fraction of sp³-hybridized carbons (Fsp3) is 0.500. The summed E-state index contributed by atoms with van der Waals surface area (Å²) in [4.78, 5) is 0. The number of phenols is 1. The zero-order valence-electron chi connectivity index (χ0n) is 9.37. The second kappa shape index (κ2) is 3.74. The summed E-state index contributed by atoms with van der Waals surface area (Å²) in [7, 11) is 1.62. The molecule has 2 N–H and O–H groups in total. The van der Waals surface area contributed by atoms with Crippen LogP contribution >= 0.6 is 0 Å². The van der Waals surface area contributed by atoms with Gasteiger partial charge in [-0.15, -0.1) is 0 Å². The topological polar surface area (TPSA) is 41.5 Å². The van der Waals surface area contributed by atoms with Gasteiger partial charge >= 0.3 is 0 Å². The molecular weight excluding hydrogens is 190 g/mol. The molecule has 3 nitrogen and oxygen atoms in total. The van der Waals surface area contributed by atoms with Gasteiger partial charge in [0.05, 0.1) is 7.11 Å². The predicted octanol–water partition coefficient (Wildman–Crippen LogP) is 2.00. The van der Waals surface area contributed by atoms with E-state index in [1.54, 1.807) is 13.2 Å². The lowest BCUT2D eigenvalue weighted by Crippen LogP contribution is -2.35. The van der Waals surface area contributed by atoms with Crippen LogP contribution in [0.1, 0.15) is 31.0 Å². The predicted molar refractivity (Wildman–Crippen MR) is 59.4 cm³/mol. The average molecular weight is 207 g/mol. The molecule has 82 valence electrons. The van der Waals surface area contributed by atoms with Crippen LogP contribution in [0.5, 0.6) is 11.5 Å². The number of nitrogens with one attached hydrogen (secondary N) is 1. The zero-order chi connectivity index (χ0) is 11.0. The smallest absolute Gasteiger partial charge is 0.124 e. The summed E-state index contributed by atoms with van der Waals surface area (Å²) in [5.74, 6) is 1.06. The molecule has 1 aromatic rings. The van der Waals surface area contributed by atoms with Crippen molar-refractivity contribution in [3.63, 3.8) is 0 Å².